The van der Waals surface area contributed by atoms with Gasteiger partial charge in [-0.25, -0.2) is 0 Å². The summed E-state index contributed by atoms with van der Waals surface area (Å²) in [5, 5.41) is 0. The van der Waals surface area contributed by atoms with Crippen LogP contribution in [0.4, 0.5) is 18.6 Å². The second kappa shape index (κ2) is 5.91. The Kier molecular flexibility index (Phi) is 4.43. The van der Waals surface area contributed by atoms with Crippen LogP contribution in [0.5, 0.6) is 0 Å². The van der Waals surface area contributed by atoms with Crippen LogP contribution in [0.3, 0.4) is 0 Å². The Morgan fingerprint density at radius 3 is 2.40 bits per heavy atom. The summed E-state index contributed by atoms with van der Waals surface area (Å²) >= 11 is 0. The number of aryl methyl sites for hydroxylation is 1. The van der Waals surface area contributed by atoms with Crippen molar-refractivity contribution in [3.63, 3.8) is 0 Å². The number of halogens is 3. The molecular weight excluding hydrogens is 264 g/mol. The van der Waals surface area contributed by atoms with Crippen LogP contribution in [0.1, 0.15) is 5.56 Å². The van der Waals surface area contributed by atoms with Crippen LogP contribution >= 0.6 is 0 Å². The Morgan fingerprint density at radius 1 is 1.20 bits per heavy atom. The minimum atomic E-state index is -4.91. The minimum Gasteiger partial charge on any atom is -0.445 e. The molecule has 20 heavy (non-hydrogen) atoms. The van der Waals surface area contributed by atoms with E-state index in [0.29, 0.717) is 13.1 Å². The van der Waals surface area contributed by atoms with Crippen LogP contribution in [-0.2, 0) is 0 Å². The molecule has 0 aromatic heterocycles. The number of hydrogen-bond donors (Lipinski definition) is 0. The highest BCUT2D eigenvalue weighted by atomic mass is 19.4. The summed E-state index contributed by atoms with van der Waals surface area (Å²) in [4.78, 5) is 4.04. The number of anilines is 1. The van der Waals surface area contributed by atoms with Gasteiger partial charge in [0.1, 0.15) is 0 Å². The second-order valence-corrected chi connectivity index (χ2v) is 5.34. The molecule has 0 bridgehead atoms. The standard InChI is InChI=1S/C14H19BF3N2/c1-12-4-3-5-14(10-12)20-8-6-19(7-9-20)11-13(2)15(16,17)18/h3-5,10H,2,6-9,11H2,1H3/q-1. The van der Waals surface area contributed by atoms with Gasteiger partial charge in [0.2, 0.25) is 0 Å². The van der Waals surface area contributed by atoms with E-state index in [0.717, 1.165) is 18.8 Å². The third kappa shape index (κ3) is 3.79. The molecule has 1 aliphatic rings. The lowest BCUT2D eigenvalue weighted by molar-refractivity contribution is 0.277. The summed E-state index contributed by atoms with van der Waals surface area (Å²) in [7, 11) is 0. The molecule has 110 valence electrons. The Bertz CT molecular complexity index is 480. The highest BCUT2D eigenvalue weighted by Crippen LogP contribution is 2.21. The first-order valence-corrected chi connectivity index (χ1v) is 6.78. The van der Waals surface area contributed by atoms with Gasteiger partial charge in [0.05, 0.1) is 0 Å². The molecule has 0 aliphatic carbocycles. The lowest BCUT2D eigenvalue weighted by Crippen LogP contribution is -2.48. The zero-order chi connectivity index (χ0) is 14.8. The average molecular weight is 283 g/mol. The Labute approximate surface area is 117 Å². The minimum absolute atomic E-state index is 0.0643. The first-order valence-electron chi connectivity index (χ1n) is 6.78. The number of rotatable bonds is 4. The maximum Gasteiger partial charge on any atom is 0.506 e. The van der Waals surface area contributed by atoms with E-state index >= 15 is 0 Å². The summed E-state index contributed by atoms with van der Waals surface area (Å²) in [6.07, 6.45) is 0. The van der Waals surface area contributed by atoms with E-state index in [1.54, 1.807) is 0 Å². The summed E-state index contributed by atoms with van der Waals surface area (Å²) in [6.45, 7) is 2.99. The lowest BCUT2D eigenvalue weighted by atomic mass is 9.80. The molecule has 1 fully saturated rings. The van der Waals surface area contributed by atoms with Gasteiger partial charge < -0.3 is 17.8 Å². The molecule has 1 saturated heterocycles. The molecule has 1 aliphatic heterocycles. The van der Waals surface area contributed by atoms with Gasteiger partial charge in [0.25, 0.3) is 0 Å². The van der Waals surface area contributed by atoms with E-state index in [1.807, 2.05) is 30.0 Å². The fraction of sp³-hybridized carbons (Fsp3) is 0.429. The van der Waals surface area contributed by atoms with Crippen molar-refractivity contribution in [3.8, 4) is 0 Å². The van der Waals surface area contributed by atoms with Crippen LogP contribution in [0.25, 0.3) is 0 Å². The maximum atomic E-state index is 12.5. The van der Waals surface area contributed by atoms with Crippen LogP contribution in [0.15, 0.2) is 36.3 Å². The van der Waals surface area contributed by atoms with E-state index in [4.69, 9.17) is 0 Å². The van der Waals surface area contributed by atoms with E-state index in [2.05, 4.69) is 17.5 Å². The fourth-order valence-corrected chi connectivity index (χ4v) is 2.38. The number of nitrogens with zero attached hydrogens (tertiary/aromatic N) is 2. The van der Waals surface area contributed by atoms with Crippen molar-refractivity contribution in [1.82, 2.24) is 4.90 Å². The van der Waals surface area contributed by atoms with E-state index in [9.17, 15) is 12.9 Å². The average Bonchev–Trinajstić information content (AvgIpc) is 2.38. The van der Waals surface area contributed by atoms with Crippen LogP contribution < -0.4 is 4.90 Å². The zero-order valence-electron chi connectivity index (χ0n) is 11.7. The molecule has 1 heterocycles. The van der Waals surface area contributed by atoms with Crippen molar-refractivity contribution in [1.29, 1.82) is 0 Å². The number of hydrogen-bond acceptors (Lipinski definition) is 2. The van der Waals surface area contributed by atoms with Gasteiger partial charge in [0.15, 0.2) is 0 Å². The first-order chi connectivity index (χ1) is 9.36. The van der Waals surface area contributed by atoms with Gasteiger partial charge in [-0.2, -0.15) is 0 Å². The normalized spacial score (nSPS) is 17.3. The topological polar surface area (TPSA) is 6.48 Å². The Morgan fingerprint density at radius 2 is 1.85 bits per heavy atom. The van der Waals surface area contributed by atoms with E-state index in [1.165, 1.54) is 5.56 Å². The summed E-state index contributed by atoms with van der Waals surface area (Å²) in [5.41, 5.74) is 1.73. The fourth-order valence-electron chi connectivity index (χ4n) is 2.38. The predicted octanol–water partition coefficient (Wildman–Crippen LogP) is 3.06. The SMILES string of the molecule is C=C(CN1CCN(c2cccc(C)c2)CC1)[B-](F)(F)F. The zero-order valence-corrected chi connectivity index (χ0v) is 11.7. The van der Waals surface area contributed by atoms with Gasteiger partial charge in [0, 0.05) is 31.9 Å². The third-order valence-corrected chi connectivity index (χ3v) is 3.63. The van der Waals surface area contributed by atoms with Gasteiger partial charge in [-0.3, -0.25) is 4.90 Å². The second-order valence-electron chi connectivity index (χ2n) is 5.34. The molecule has 0 N–H and O–H groups in total. The Balaban J connectivity index is 1.88. The van der Waals surface area contributed by atoms with Crippen LogP contribution in [-0.4, -0.2) is 44.6 Å². The molecular formula is C14H19BF3N2-. The Hall–Kier alpha value is -1.43. The van der Waals surface area contributed by atoms with E-state index in [-0.39, 0.29) is 6.54 Å². The van der Waals surface area contributed by atoms with Crippen LogP contribution in [0.2, 0.25) is 0 Å². The van der Waals surface area contributed by atoms with Crippen molar-refractivity contribution in [2.45, 2.75) is 6.92 Å². The highest BCUT2D eigenvalue weighted by molar-refractivity contribution is 6.66. The van der Waals surface area contributed by atoms with Crippen molar-refractivity contribution >= 4 is 12.7 Å². The molecule has 0 saturated carbocycles. The van der Waals surface area contributed by atoms with Gasteiger partial charge in [-0.15, -0.1) is 12.1 Å². The molecule has 6 heteroatoms. The van der Waals surface area contributed by atoms with Crippen LogP contribution in [0, 0.1) is 6.92 Å². The molecule has 1 aromatic rings. The lowest BCUT2D eigenvalue weighted by Gasteiger charge is -2.37. The molecule has 0 atom stereocenters. The summed E-state index contributed by atoms with van der Waals surface area (Å²) < 4.78 is 37.5. The smallest absolute Gasteiger partial charge is 0.445 e. The maximum absolute atomic E-state index is 12.5. The quantitative estimate of drug-likeness (QED) is 0.784. The van der Waals surface area contributed by atoms with E-state index < -0.39 is 12.4 Å². The molecule has 0 unspecified atom stereocenters. The molecule has 1 aromatic carbocycles. The first kappa shape index (κ1) is 15.0. The highest BCUT2D eigenvalue weighted by Gasteiger charge is 2.28. The largest absolute Gasteiger partial charge is 0.506 e. The molecule has 2 rings (SSSR count). The number of piperazine rings is 1. The molecule has 2 nitrogen and oxygen atoms in total. The van der Waals surface area contributed by atoms with Crippen molar-refractivity contribution in [2.24, 2.45) is 0 Å². The van der Waals surface area contributed by atoms with Crippen molar-refractivity contribution in [2.75, 3.05) is 37.6 Å². The summed E-state index contributed by atoms with van der Waals surface area (Å²) in [5.74, 6) is 0. The van der Waals surface area contributed by atoms with Crippen molar-refractivity contribution < 1.29 is 12.9 Å². The van der Waals surface area contributed by atoms with Crippen molar-refractivity contribution in [3.05, 3.63) is 41.9 Å². The van der Waals surface area contributed by atoms with Gasteiger partial charge in [-0.05, 0) is 31.2 Å². The van der Waals surface area contributed by atoms with Gasteiger partial charge >= 0.3 is 6.98 Å². The molecule has 0 radical (unpaired) electrons. The third-order valence-electron chi connectivity index (χ3n) is 3.63. The number of benzene rings is 1. The molecule has 0 amide bonds. The monoisotopic (exact) mass is 283 g/mol. The van der Waals surface area contributed by atoms with Gasteiger partial charge in [-0.1, -0.05) is 12.1 Å². The summed E-state index contributed by atoms with van der Waals surface area (Å²) in [6, 6.07) is 8.19. The predicted molar refractivity (Wildman–Crippen MR) is 78.1 cm³/mol. The molecule has 0 spiro atoms.